The summed E-state index contributed by atoms with van der Waals surface area (Å²) in [6, 6.07) is 4.71. The van der Waals surface area contributed by atoms with Crippen LogP contribution in [-0.4, -0.2) is 97.8 Å². The molecule has 3 aromatic rings. The highest BCUT2D eigenvalue weighted by Gasteiger charge is 2.47. The molecule has 4 atom stereocenters. The summed E-state index contributed by atoms with van der Waals surface area (Å²) in [6.45, 7) is 10.9. The Hall–Kier alpha value is -5.34. The van der Waals surface area contributed by atoms with Gasteiger partial charge in [0.25, 0.3) is 5.91 Å². The van der Waals surface area contributed by atoms with Crippen molar-refractivity contribution in [3.63, 3.8) is 0 Å². The van der Waals surface area contributed by atoms with Gasteiger partial charge in [0.05, 0.1) is 18.1 Å². The zero-order valence-electron chi connectivity index (χ0n) is 32.4. The number of amides is 5. The van der Waals surface area contributed by atoms with Crippen LogP contribution >= 0.6 is 0 Å². The highest BCUT2D eigenvalue weighted by Crippen LogP contribution is 2.34. The zero-order valence-corrected chi connectivity index (χ0v) is 32.4. The molecule has 55 heavy (non-hydrogen) atoms. The van der Waals surface area contributed by atoms with E-state index in [9.17, 15) is 28.8 Å². The van der Waals surface area contributed by atoms with E-state index in [2.05, 4.69) is 26.4 Å². The maximum atomic E-state index is 14.7. The van der Waals surface area contributed by atoms with Crippen molar-refractivity contribution in [3.8, 4) is 11.6 Å². The molecule has 0 spiro atoms. The summed E-state index contributed by atoms with van der Waals surface area (Å²) >= 11 is 0. The van der Waals surface area contributed by atoms with Crippen molar-refractivity contribution in [2.24, 2.45) is 11.3 Å². The maximum Gasteiger partial charge on any atom is 0.315 e. The van der Waals surface area contributed by atoms with Crippen LogP contribution in [0.5, 0.6) is 5.75 Å². The third-order valence-corrected chi connectivity index (χ3v) is 10.2. The highest BCUT2D eigenvalue weighted by atomic mass is 16.5. The number of aldehydes is 1. The van der Waals surface area contributed by atoms with Crippen LogP contribution in [0.3, 0.4) is 0 Å². The molecule has 15 heteroatoms. The van der Waals surface area contributed by atoms with Crippen LogP contribution < -0.4 is 26.0 Å². The van der Waals surface area contributed by atoms with E-state index < -0.39 is 64.7 Å². The molecule has 4 N–H and O–H groups in total. The molecule has 6 rings (SSSR count). The number of fused-ring (bicyclic) bond motifs is 1. The predicted octanol–water partition coefficient (Wildman–Crippen LogP) is 3.62. The summed E-state index contributed by atoms with van der Waals surface area (Å²) in [5.74, 6) is -1.48. The van der Waals surface area contributed by atoms with Gasteiger partial charge in [0.15, 0.2) is 5.82 Å². The Morgan fingerprint density at radius 1 is 1.00 bits per heavy atom. The third-order valence-electron chi connectivity index (χ3n) is 10.2. The fourth-order valence-corrected chi connectivity index (χ4v) is 6.97. The lowest BCUT2D eigenvalue weighted by molar-refractivity contribution is -0.144. The largest absolute Gasteiger partial charge is 0.488 e. The van der Waals surface area contributed by atoms with Gasteiger partial charge in [-0.3, -0.25) is 24.0 Å². The van der Waals surface area contributed by atoms with Gasteiger partial charge in [-0.05, 0) is 69.6 Å². The molecular formula is C40H52N8O7. The minimum atomic E-state index is -1.10. The molecule has 1 saturated heterocycles. The molecule has 2 aromatic heterocycles. The Labute approximate surface area is 320 Å². The van der Waals surface area contributed by atoms with Crippen LogP contribution in [0.4, 0.5) is 4.79 Å². The van der Waals surface area contributed by atoms with Gasteiger partial charge in [0.2, 0.25) is 17.6 Å². The molecule has 3 heterocycles. The van der Waals surface area contributed by atoms with Crippen molar-refractivity contribution in [1.29, 1.82) is 0 Å². The normalized spacial score (nSPS) is 19.9. The van der Waals surface area contributed by atoms with E-state index in [0.29, 0.717) is 34.5 Å². The predicted molar refractivity (Wildman–Crippen MR) is 204 cm³/mol. The number of nitrogens with one attached hydrogen (secondary N) is 4. The van der Waals surface area contributed by atoms with E-state index >= 15 is 0 Å². The average Bonchev–Trinajstić information content (AvgIpc) is 3.54. The van der Waals surface area contributed by atoms with Crippen molar-refractivity contribution in [1.82, 2.24) is 40.9 Å². The summed E-state index contributed by atoms with van der Waals surface area (Å²) in [5, 5.41) is 16.2. The molecule has 3 fully saturated rings. The lowest BCUT2D eigenvalue weighted by Gasteiger charge is -2.36. The number of pyridine rings is 1. The third kappa shape index (κ3) is 9.67. The van der Waals surface area contributed by atoms with Gasteiger partial charge in [0.1, 0.15) is 30.2 Å². The lowest BCUT2D eigenvalue weighted by Crippen LogP contribution is -2.61. The highest BCUT2D eigenvalue weighted by molar-refractivity contribution is 6.38. The summed E-state index contributed by atoms with van der Waals surface area (Å²) < 4.78 is 8.19. The Kier molecular flexibility index (Phi) is 11.3. The Balaban J connectivity index is 1.32. The smallest absolute Gasteiger partial charge is 0.315 e. The molecule has 2 saturated carbocycles. The lowest BCUT2D eigenvalue weighted by atomic mass is 9.80. The summed E-state index contributed by atoms with van der Waals surface area (Å²) in [6.07, 6.45) is 8.15. The van der Waals surface area contributed by atoms with E-state index in [1.54, 1.807) is 47.4 Å². The van der Waals surface area contributed by atoms with Crippen LogP contribution in [0, 0.1) is 11.3 Å². The van der Waals surface area contributed by atoms with Gasteiger partial charge >= 0.3 is 6.03 Å². The second kappa shape index (κ2) is 15.8. The first-order valence-corrected chi connectivity index (χ1v) is 19.1. The SMILES string of the molecule is CC(C)(C)NC(=O)N[C@H](C(=O)N1CC(Oc2cc(-n3cccn3)nc3cc(C=O)ccc23)C[C@H]1C(=O)N[C@@H](CC1CCC1)C(=O)C(=O)NC1CC1)C(C)(C)C. The molecule has 1 aromatic carbocycles. The Morgan fingerprint density at radius 3 is 2.35 bits per heavy atom. The van der Waals surface area contributed by atoms with E-state index in [1.165, 1.54) is 4.90 Å². The molecular weight excluding hydrogens is 704 g/mol. The van der Waals surface area contributed by atoms with E-state index in [0.717, 1.165) is 38.4 Å². The van der Waals surface area contributed by atoms with Crippen LogP contribution in [0.1, 0.15) is 96.8 Å². The Morgan fingerprint density at radius 2 is 1.75 bits per heavy atom. The van der Waals surface area contributed by atoms with Crippen molar-refractivity contribution < 1.29 is 33.5 Å². The number of likely N-dealkylation sites (tertiary alicyclic amines) is 1. The molecule has 1 aliphatic heterocycles. The first kappa shape index (κ1) is 39.4. The second-order valence-electron chi connectivity index (χ2n) is 17.2. The van der Waals surface area contributed by atoms with Crippen molar-refractivity contribution in [2.75, 3.05) is 6.54 Å². The molecule has 15 nitrogen and oxygen atoms in total. The molecule has 0 radical (unpaired) electrons. The molecule has 294 valence electrons. The van der Waals surface area contributed by atoms with Crippen LogP contribution in [0.2, 0.25) is 0 Å². The fraction of sp³-hybridized carbons (Fsp3) is 0.550. The number of carbonyl (C=O) groups is 6. The summed E-state index contributed by atoms with van der Waals surface area (Å²) in [4.78, 5) is 86.4. The van der Waals surface area contributed by atoms with E-state index in [4.69, 9.17) is 9.72 Å². The molecule has 5 amide bonds. The van der Waals surface area contributed by atoms with Crippen molar-refractivity contribution in [3.05, 3.63) is 48.3 Å². The first-order valence-electron chi connectivity index (χ1n) is 19.1. The number of carbonyl (C=O) groups excluding carboxylic acids is 6. The topological polar surface area (TPSA) is 194 Å². The molecule has 3 aliphatic rings. The minimum absolute atomic E-state index is 0.0250. The molecule has 1 unspecified atom stereocenters. The van der Waals surface area contributed by atoms with Gasteiger partial charge in [-0.1, -0.05) is 46.1 Å². The monoisotopic (exact) mass is 756 g/mol. The number of aromatic nitrogens is 3. The quantitative estimate of drug-likeness (QED) is 0.149. The van der Waals surface area contributed by atoms with Crippen molar-refractivity contribution in [2.45, 2.75) is 122 Å². The van der Waals surface area contributed by atoms with E-state index in [-0.39, 0.29) is 24.9 Å². The number of nitrogens with zero attached hydrogens (tertiary/aromatic N) is 4. The average molecular weight is 757 g/mol. The summed E-state index contributed by atoms with van der Waals surface area (Å²) in [5.41, 5.74) is -0.443. The van der Waals surface area contributed by atoms with Crippen LogP contribution in [0.15, 0.2) is 42.7 Å². The van der Waals surface area contributed by atoms with Crippen molar-refractivity contribution >= 4 is 46.7 Å². The van der Waals surface area contributed by atoms with Gasteiger partial charge in [-0.25, -0.2) is 14.5 Å². The van der Waals surface area contributed by atoms with Crippen LogP contribution in [0.25, 0.3) is 16.7 Å². The number of hydrogen-bond donors (Lipinski definition) is 4. The van der Waals surface area contributed by atoms with Gasteiger partial charge in [-0.2, -0.15) is 5.10 Å². The number of Topliss-reactive ketones (excluding diaryl/α,β-unsaturated/α-hetero) is 1. The number of benzene rings is 1. The van der Waals surface area contributed by atoms with Gasteiger partial charge in [0, 0.05) is 47.4 Å². The number of rotatable bonds is 13. The standard InChI is InChI=1S/C40H52N8O7/c1-39(2,3)34(45-38(54)46-40(4,5)6)37(53)47-21-26(55-31-20-32(48-16-8-15-41-48)43-28-18-24(22-49)11-14-27(28)31)19-30(47)35(51)44-29(17-23-9-7-10-23)33(50)36(52)42-25-12-13-25/h8,11,14-16,18,20,22-23,25-26,29-30,34H,7,9-10,12-13,17,19,21H2,1-6H3,(H,42,52)(H,44,51)(H2,45,46,54)/t26?,29-,30-,34+/m0/s1. The minimum Gasteiger partial charge on any atom is -0.488 e. The van der Waals surface area contributed by atoms with Gasteiger partial charge in [-0.15, -0.1) is 0 Å². The second-order valence-corrected chi connectivity index (χ2v) is 17.2. The number of ether oxygens (including phenoxy) is 1. The fourth-order valence-electron chi connectivity index (χ4n) is 6.97. The zero-order chi connectivity index (χ0) is 39.7. The number of urea groups is 1. The summed E-state index contributed by atoms with van der Waals surface area (Å²) in [7, 11) is 0. The molecule has 2 aliphatic carbocycles. The van der Waals surface area contributed by atoms with Crippen LogP contribution in [-0.2, 0) is 19.2 Å². The maximum absolute atomic E-state index is 14.7. The van der Waals surface area contributed by atoms with Gasteiger partial charge < -0.3 is 30.9 Å². The number of hydrogen-bond acceptors (Lipinski definition) is 9. The first-order chi connectivity index (χ1) is 26.0. The van der Waals surface area contributed by atoms with E-state index in [1.807, 2.05) is 41.5 Å². The number of ketones is 1. The molecule has 0 bridgehead atoms. The Bertz CT molecular complexity index is 1940.